The lowest BCUT2D eigenvalue weighted by Crippen LogP contribution is -2.03. The van der Waals surface area contributed by atoms with Crippen molar-refractivity contribution >= 4 is 0 Å². The van der Waals surface area contributed by atoms with E-state index in [1.54, 1.807) is 7.11 Å². The minimum absolute atomic E-state index is 0.473. The molecule has 112 valence electrons. The Morgan fingerprint density at radius 2 is 1.76 bits per heavy atom. The Morgan fingerprint density at radius 1 is 1.00 bits per heavy atom. The summed E-state index contributed by atoms with van der Waals surface area (Å²) in [5.74, 6) is 1.75. The van der Waals surface area contributed by atoms with Gasteiger partial charge in [0.15, 0.2) is 0 Å². The van der Waals surface area contributed by atoms with Crippen LogP contribution in [0.4, 0.5) is 0 Å². The molecule has 0 saturated heterocycles. The van der Waals surface area contributed by atoms with E-state index in [1.807, 2.05) is 18.2 Å². The second-order valence-electron chi connectivity index (χ2n) is 5.34. The Hall–Kier alpha value is -2.00. The third-order valence-electron chi connectivity index (χ3n) is 3.73. The Labute approximate surface area is 126 Å². The Morgan fingerprint density at radius 3 is 2.43 bits per heavy atom. The van der Waals surface area contributed by atoms with E-state index in [9.17, 15) is 0 Å². The van der Waals surface area contributed by atoms with E-state index in [0.29, 0.717) is 13.2 Å². The maximum absolute atomic E-state index is 6.01. The highest BCUT2D eigenvalue weighted by molar-refractivity contribution is 5.43. The summed E-state index contributed by atoms with van der Waals surface area (Å²) in [6.07, 6.45) is 0. The van der Waals surface area contributed by atoms with Gasteiger partial charge in [-0.1, -0.05) is 12.1 Å². The first-order valence-corrected chi connectivity index (χ1v) is 7.11. The van der Waals surface area contributed by atoms with E-state index in [2.05, 4.69) is 32.9 Å². The second-order valence-corrected chi connectivity index (χ2v) is 5.34. The highest BCUT2D eigenvalue weighted by Crippen LogP contribution is 2.26. The van der Waals surface area contributed by atoms with Gasteiger partial charge in [0.05, 0.1) is 7.11 Å². The largest absolute Gasteiger partial charge is 0.496 e. The number of aryl methyl sites for hydroxylation is 2. The van der Waals surface area contributed by atoms with Crippen LogP contribution in [0.5, 0.6) is 11.5 Å². The van der Waals surface area contributed by atoms with Gasteiger partial charge in [-0.2, -0.15) is 0 Å². The molecular weight excluding hydrogens is 262 g/mol. The van der Waals surface area contributed by atoms with Crippen LogP contribution in [0.1, 0.15) is 27.8 Å². The lowest BCUT2D eigenvalue weighted by atomic mass is 10.1. The molecule has 2 aromatic rings. The van der Waals surface area contributed by atoms with Crippen molar-refractivity contribution in [2.24, 2.45) is 5.73 Å². The molecule has 0 bridgehead atoms. The van der Waals surface area contributed by atoms with Crippen LogP contribution in [-0.4, -0.2) is 7.11 Å². The molecule has 0 atom stereocenters. The molecule has 2 aromatic carbocycles. The zero-order valence-corrected chi connectivity index (χ0v) is 13.2. The average molecular weight is 285 g/mol. The second kappa shape index (κ2) is 6.64. The minimum Gasteiger partial charge on any atom is -0.496 e. The van der Waals surface area contributed by atoms with Gasteiger partial charge in [-0.15, -0.1) is 0 Å². The minimum atomic E-state index is 0.473. The van der Waals surface area contributed by atoms with Gasteiger partial charge in [-0.25, -0.2) is 0 Å². The molecule has 0 aliphatic carbocycles. The normalized spacial score (nSPS) is 10.5. The van der Waals surface area contributed by atoms with Crippen LogP contribution in [0, 0.1) is 20.8 Å². The van der Waals surface area contributed by atoms with Crippen molar-refractivity contribution in [1.29, 1.82) is 0 Å². The van der Waals surface area contributed by atoms with Gasteiger partial charge in [0, 0.05) is 12.1 Å². The first-order valence-electron chi connectivity index (χ1n) is 7.11. The summed E-state index contributed by atoms with van der Waals surface area (Å²) < 4.78 is 11.4. The molecule has 2 rings (SSSR count). The summed E-state index contributed by atoms with van der Waals surface area (Å²) in [6.45, 7) is 7.25. The summed E-state index contributed by atoms with van der Waals surface area (Å²) in [4.78, 5) is 0. The van der Waals surface area contributed by atoms with Gasteiger partial charge >= 0.3 is 0 Å². The number of rotatable bonds is 5. The molecule has 0 aliphatic heterocycles. The number of benzene rings is 2. The maximum atomic E-state index is 6.01. The predicted molar refractivity (Wildman–Crippen MR) is 85.9 cm³/mol. The van der Waals surface area contributed by atoms with Crippen molar-refractivity contribution in [3.63, 3.8) is 0 Å². The molecule has 0 spiro atoms. The molecule has 21 heavy (non-hydrogen) atoms. The van der Waals surface area contributed by atoms with Crippen molar-refractivity contribution in [3.8, 4) is 11.5 Å². The molecule has 0 heterocycles. The zero-order valence-electron chi connectivity index (χ0n) is 13.2. The zero-order chi connectivity index (χ0) is 15.4. The SMILES string of the molecule is COc1ccc(CN)cc1COc1cc(C)cc(C)c1C. The predicted octanol–water partition coefficient (Wildman–Crippen LogP) is 3.66. The van der Waals surface area contributed by atoms with E-state index in [1.165, 1.54) is 16.7 Å². The molecule has 0 amide bonds. The molecule has 2 N–H and O–H groups in total. The fourth-order valence-electron chi connectivity index (χ4n) is 2.38. The number of ether oxygens (including phenoxy) is 2. The lowest BCUT2D eigenvalue weighted by Gasteiger charge is -2.15. The molecular formula is C18H23NO2. The van der Waals surface area contributed by atoms with E-state index in [4.69, 9.17) is 15.2 Å². The van der Waals surface area contributed by atoms with Crippen molar-refractivity contribution in [2.75, 3.05) is 7.11 Å². The summed E-state index contributed by atoms with van der Waals surface area (Å²) in [5.41, 5.74) is 11.4. The number of hydrogen-bond donors (Lipinski definition) is 1. The highest BCUT2D eigenvalue weighted by Gasteiger charge is 2.08. The van der Waals surface area contributed by atoms with E-state index < -0.39 is 0 Å². The van der Waals surface area contributed by atoms with Crippen LogP contribution < -0.4 is 15.2 Å². The third-order valence-corrected chi connectivity index (χ3v) is 3.73. The smallest absolute Gasteiger partial charge is 0.125 e. The van der Waals surface area contributed by atoms with Crippen molar-refractivity contribution in [1.82, 2.24) is 0 Å². The van der Waals surface area contributed by atoms with E-state index in [-0.39, 0.29) is 0 Å². The first-order chi connectivity index (χ1) is 10.0. The van der Waals surface area contributed by atoms with Crippen molar-refractivity contribution < 1.29 is 9.47 Å². The quantitative estimate of drug-likeness (QED) is 0.912. The fourth-order valence-corrected chi connectivity index (χ4v) is 2.38. The highest BCUT2D eigenvalue weighted by atomic mass is 16.5. The summed E-state index contributed by atoms with van der Waals surface area (Å²) in [5, 5.41) is 0. The monoisotopic (exact) mass is 285 g/mol. The molecule has 0 saturated carbocycles. The number of hydrogen-bond acceptors (Lipinski definition) is 3. The van der Waals surface area contributed by atoms with Gasteiger partial charge in [0.1, 0.15) is 18.1 Å². The van der Waals surface area contributed by atoms with Crippen LogP contribution in [0.25, 0.3) is 0 Å². The van der Waals surface area contributed by atoms with Crippen LogP contribution in [0.2, 0.25) is 0 Å². The standard InChI is InChI=1S/C18H23NO2/c1-12-7-13(2)14(3)18(8-12)21-11-16-9-15(10-19)5-6-17(16)20-4/h5-9H,10-11,19H2,1-4H3. The van der Waals surface area contributed by atoms with Crippen LogP contribution >= 0.6 is 0 Å². The van der Waals surface area contributed by atoms with E-state index >= 15 is 0 Å². The summed E-state index contributed by atoms with van der Waals surface area (Å²) >= 11 is 0. The van der Waals surface area contributed by atoms with Gasteiger partial charge in [-0.3, -0.25) is 0 Å². The van der Waals surface area contributed by atoms with Gasteiger partial charge < -0.3 is 15.2 Å². The number of nitrogens with two attached hydrogens (primary N) is 1. The Kier molecular flexibility index (Phi) is 4.86. The molecule has 0 unspecified atom stereocenters. The molecule has 0 fully saturated rings. The molecule has 0 radical (unpaired) electrons. The fraction of sp³-hybridized carbons (Fsp3) is 0.333. The number of methoxy groups -OCH3 is 1. The summed E-state index contributed by atoms with van der Waals surface area (Å²) in [7, 11) is 1.67. The van der Waals surface area contributed by atoms with Crippen LogP contribution in [0.15, 0.2) is 30.3 Å². The van der Waals surface area contributed by atoms with Crippen LogP contribution in [-0.2, 0) is 13.2 Å². The van der Waals surface area contributed by atoms with Crippen LogP contribution in [0.3, 0.4) is 0 Å². The van der Waals surface area contributed by atoms with Gasteiger partial charge in [-0.05, 0) is 61.2 Å². The van der Waals surface area contributed by atoms with Crippen molar-refractivity contribution in [3.05, 3.63) is 58.1 Å². The molecule has 0 aromatic heterocycles. The Balaban J connectivity index is 2.23. The Bertz CT molecular complexity index is 635. The lowest BCUT2D eigenvalue weighted by molar-refractivity contribution is 0.294. The topological polar surface area (TPSA) is 44.5 Å². The van der Waals surface area contributed by atoms with Gasteiger partial charge in [0.25, 0.3) is 0 Å². The van der Waals surface area contributed by atoms with Gasteiger partial charge in [0.2, 0.25) is 0 Å². The van der Waals surface area contributed by atoms with E-state index in [0.717, 1.165) is 22.6 Å². The molecule has 3 nitrogen and oxygen atoms in total. The third kappa shape index (κ3) is 3.56. The summed E-state index contributed by atoms with van der Waals surface area (Å²) in [6, 6.07) is 10.2. The average Bonchev–Trinajstić information content (AvgIpc) is 2.49. The molecule has 3 heteroatoms. The maximum Gasteiger partial charge on any atom is 0.125 e. The first kappa shape index (κ1) is 15.4. The molecule has 0 aliphatic rings. The van der Waals surface area contributed by atoms with Crippen molar-refractivity contribution in [2.45, 2.75) is 33.9 Å².